The number of thiophene rings is 1. The van der Waals surface area contributed by atoms with Crippen molar-refractivity contribution in [1.82, 2.24) is 9.97 Å². The monoisotopic (exact) mass is 285 g/mol. The van der Waals surface area contributed by atoms with Gasteiger partial charge in [-0.15, -0.1) is 11.3 Å². The van der Waals surface area contributed by atoms with Crippen molar-refractivity contribution in [3.05, 3.63) is 17.3 Å². The fourth-order valence-electron chi connectivity index (χ4n) is 1.55. The van der Waals surface area contributed by atoms with E-state index in [4.69, 9.17) is 0 Å². The molecule has 0 aliphatic rings. The van der Waals surface area contributed by atoms with E-state index >= 15 is 0 Å². The van der Waals surface area contributed by atoms with Gasteiger partial charge >= 0.3 is 0 Å². The smallest absolute Gasteiger partial charge is 0.157 e. The molecule has 0 aromatic carbocycles. The van der Waals surface area contributed by atoms with E-state index in [-0.39, 0.29) is 0 Å². The number of nitrogens with zero attached hydrogens (tertiary/aromatic N) is 2. The number of hydrogen-bond acceptors (Lipinski definition) is 6. The summed E-state index contributed by atoms with van der Waals surface area (Å²) < 4.78 is 23.2. The maximum atomic E-state index is 11.6. The second kappa shape index (κ2) is 4.81. The van der Waals surface area contributed by atoms with Gasteiger partial charge in [-0.3, -0.25) is 0 Å². The van der Waals surface area contributed by atoms with Crippen LogP contribution in [0.2, 0.25) is 0 Å². The Labute approximate surface area is 110 Å². The lowest BCUT2D eigenvalue weighted by Gasteiger charge is -2.11. The molecule has 18 heavy (non-hydrogen) atoms. The molecule has 0 saturated carbocycles. The van der Waals surface area contributed by atoms with Crippen LogP contribution < -0.4 is 5.32 Å². The van der Waals surface area contributed by atoms with E-state index in [0.29, 0.717) is 11.6 Å². The third-order valence-electron chi connectivity index (χ3n) is 2.69. The van der Waals surface area contributed by atoms with Gasteiger partial charge in [0.05, 0.1) is 5.39 Å². The van der Waals surface area contributed by atoms with Gasteiger partial charge < -0.3 is 5.32 Å². The highest BCUT2D eigenvalue weighted by atomic mass is 32.2. The van der Waals surface area contributed by atoms with Gasteiger partial charge in [-0.25, -0.2) is 18.4 Å². The van der Waals surface area contributed by atoms with Crippen molar-refractivity contribution in [2.45, 2.75) is 19.1 Å². The SMILES string of the molecule is CCNc1nc(C(C)S(C)(=O)=O)nc2sccc12. The summed E-state index contributed by atoms with van der Waals surface area (Å²) in [7, 11) is -3.19. The highest BCUT2D eigenvalue weighted by Gasteiger charge is 2.22. The molecule has 0 saturated heterocycles. The number of fused-ring (bicyclic) bond motifs is 1. The first-order chi connectivity index (χ1) is 8.43. The van der Waals surface area contributed by atoms with E-state index in [9.17, 15) is 8.42 Å². The molecule has 2 rings (SSSR count). The van der Waals surface area contributed by atoms with Crippen LogP contribution in [0, 0.1) is 0 Å². The van der Waals surface area contributed by atoms with Gasteiger partial charge in [-0.05, 0) is 25.3 Å². The summed E-state index contributed by atoms with van der Waals surface area (Å²) in [5.41, 5.74) is 0. The fraction of sp³-hybridized carbons (Fsp3) is 0.455. The molecule has 1 atom stereocenters. The van der Waals surface area contributed by atoms with Crippen LogP contribution in [0.4, 0.5) is 5.82 Å². The quantitative estimate of drug-likeness (QED) is 0.932. The minimum Gasteiger partial charge on any atom is -0.370 e. The van der Waals surface area contributed by atoms with Gasteiger partial charge in [0, 0.05) is 12.8 Å². The van der Waals surface area contributed by atoms with Crippen LogP contribution in [0.15, 0.2) is 11.4 Å². The number of rotatable bonds is 4. The number of hydrogen-bond donors (Lipinski definition) is 1. The first-order valence-electron chi connectivity index (χ1n) is 5.61. The van der Waals surface area contributed by atoms with Crippen LogP contribution in [-0.2, 0) is 9.84 Å². The van der Waals surface area contributed by atoms with Crippen LogP contribution in [0.1, 0.15) is 24.9 Å². The van der Waals surface area contributed by atoms with E-state index in [1.807, 2.05) is 18.4 Å². The zero-order valence-electron chi connectivity index (χ0n) is 10.5. The molecule has 5 nitrogen and oxygen atoms in total. The van der Waals surface area contributed by atoms with E-state index in [1.54, 1.807) is 6.92 Å². The molecule has 0 aliphatic heterocycles. The highest BCUT2D eigenvalue weighted by molar-refractivity contribution is 7.90. The highest BCUT2D eigenvalue weighted by Crippen LogP contribution is 2.28. The normalized spacial score (nSPS) is 13.7. The number of anilines is 1. The van der Waals surface area contributed by atoms with Crippen LogP contribution in [0.5, 0.6) is 0 Å². The Morgan fingerprint density at radius 1 is 1.44 bits per heavy atom. The van der Waals surface area contributed by atoms with Crippen molar-refractivity contribution >= 4 is 37.2 Å². The van der Waals surface area contributed by atoms with E-state index in [2.05, 4.69) is 15.3 Å². The largest absolute Gasteiger partial charge is 0.370 e. The summed E-state index contributed by atoms with van der Waals surface area (Å²) in [6.07, 6.45) is 1.20. The van der Waals surface area contributed by atoms with Crippen molar-refractivity contribution in [2.24, 2.45) is 0 Å². The molecule has 0 radical (unpaired) electrons. The molecule has 0 fully saturated rings. The summed E-state index contributed by atoms with van der Waals surface area (Å²) in [6.45, 7) is 4.31. The van der Waals surface area contributed by atoms with Gasteiger partial charge in [0.1, 0.15) is 21.7 Å². The maximum absolute atomic E-state index is 11.6. The molecule has 0 spiro atoms. The molecule has 1 N–H and O–H groups in total. The molecular weight excluding hydrogens is 270 g/mol. The summed E-state index contributed by atoms with van der Waals surface area (Å²) in [5.74, 6) is 1.05. The second-order valence-electron chi connectivity index (χ2n) is 4.07. The van der Waals surface area contributed by atoms with Crippen molar-refractivity contribution in [3.8, 4) is 0 Å². The number of sulfone groups is 1. The van der Waals surface area contributed by atoms with Crippen LogP contribution >= 0.6 is 11.3 Å². The van der Waals surface area contributed by atoms with Crippen molar-refractivity contribution in [3.63, 3.8) is 0 Å². The Morgan fingerprint density at radius 3 is 2.78 bits per heavy atom. The van der Waals surface area contributed by atoms with Crippen LogP contribution in [0.3, 0.4) is 0 Å². The topological polar surface area (TPSA) is 72.0 Å². The van der Waals surface area contributed by atoms with E-state index in [1.165, 1.54) is 17.6 Å². The maximum Gasteiger partial charge on any atom is 0.157 e. The van der Waals surface area contributed by atoms with Crippen molar-refractivity contribution in [1.29, 1.82) is 0 Å². The van der Waals surface area contributed by atoms with Gasteiger partial charge in [-0.2, -0.15) is 0 Å². The number of aromatic nitrogens is 2. The van der Waals surface area contributed by atoms with Crippen molar-refractivity contribution < 1.29 is 8.42 Å². The van der Waals surface area contributed by atoms with Gasteiger partial charge in [0.25, 0.3) is 0 Å². The lowest BCUT2D eigenvalue weighted by Crippen LogP contribution is -2.13. The standard InChI is InChI=1S/C11H15N3O2S2/c1-4-12-10-8-5-6-17-11(8)14-9(13-10)7(2)18(3,15)16/h5-7H,4H2,1-3H3,(H,12,13,14). The summed E-state index contributed by atoms with van der Waals surface area (Å²) >= 11 is 1.48. The zero-order chi connectivity index (χ0) is 13.3. The van der Waals surface area contributed by atoms with Crippen LogP contribution in [0.25, 0.3) is 10.2 Å². The lowest BCUT2D eigenvalue weighted by atomic mass is 10.3. The minimum atomic E-state index is -3.19. The molecule has 0 bridgehead atoms. The molecule has 2 aromatic rings. The molecule has 1 unspecified atom stereocenters. The average Bonchev–Trinajstić information content (AvgIpc) is 2.75. The predicted octanol–water partition coefficient (Wildman–Crippen LogP) is 2.23. The number of nitrogens with one attached hydrogen (secondary N) is 1. The summed E-state index contributed by atoms with van der Waals surface area (Å²) in [4.78, 5) is 9.48. The van der Waals surface area contributed by atoms with E-state index in [0.717, 1.165) is 16.8 Å². The van der Waals surface area contributed by atoms with Crippen molar-refractivity contribution in [2.75, 3.05) is 18.1 Å². The molecule has 0 amide bonds. The minimum absolute atomic E-state index is 0.350. The molecule has 0 aliphatic carbocycles. The second-order valence-corrected chi connectivity index (χ2v) is 7.33. The van der Waals surface area contributed by atoms with Crippen LogP contribution in [-0.4, -0.2) is 31.2 Å². The Balaban J connectivity index is 2.59. The lowest BCUT2D eigenvalue weighted by molar-refractivity contribution is 0.589. The molecule has 2 heterocycles. The first kappa shape index (κ1) is 13.2. The van der Waals surface area contributed by atoms with Gasteiger partial charge in [0.2, 0.25) is 0 Å². The molecule has 7 heteroatoms. The van der Waals surface area contributed by atoms with E-state index < -0.39 is 15.1 Å². The Morgan fingerprint density at radius 2 is 2.17 bits per heavy atom. The third kappa shape index (κ3) is 2.46. The Hall–Kier alpha value is -1.21. The van der Waals surface area contributed by atoms with Gasteiger partial charge in [0.15, 0.2) is 9.84 Å². The third-order valence-corrected chi connectivity index (χ3v) is 4.99. The average molecular weight is 285 g/mol. The Bertz CT molecular complexity index is 664. The molecular formula is C11H15N3O2S2. The molecule has 2 aromatic heterocycles. The first-order valence-corrected chi connectivity index (χ1v) is 8.44. The van der Waals surface area contributed by atoms with Gasteiger partial charge in [-0.1, -0.05) is 0 Å². The summed E-state index contributed by atoms with van der Waals surface area (Å²) in [5, 5.41) is 5.31. The molecule has 98 valence electrons. The predicted molar refractivity (Wildman–Crippen MR) is 74.8 cm³/mol. The zero-order valence-corrected chi connectivity index (χ0v) is 12.1. The Kier molecular flexibility index (Phi) is 3.54. The summed E-state index contributed by atoms with van der Waals surface area (Å²) in [6, 6.07) is 1.94. The fourth-order valence-corrected chi connectivity index (χ4v) is 2.81.